The first-order valence-corrected chi connectivity index (χ1v) is 3.48. The Kier molecular flexibility index (Phi) is 2.11. The number of alkyl halides is 3. The number of nitrogen functional groups attached to an aromatic ring is 1. The Hall–Kier alpha value is -1.39. The van der Waals surface area contributed by atoms with Gasteiger partial charge in [-0.15, -0.1) is 0 Å². The molecule has 0 heterocycles. The number of benzene rings is 1. The van der Waals surface area contributed by atoms with E-state index in [0.29, 0.717) is 5.56 Å². The first-order chi connectivity index (χ1) is 5.82. The number of rotatable bonds is 0. The van der Waals surface area contributed by atoms with Crippen LogP contribution >= 0.6 is 0 Å². The van der Waals surface area contributed by atoms with Crippen LogP contribution in [0.2, 0.25) is 0 Å². The minimum Gasteiger partial charge on any atom is -0.507 e. The van der Waals surface area contributed by atoms with Crippen molar-refractivity contribution in [1.29, 1.82) is 0 Å². The molecule has 0 aliphatic rings. The summed E-state index contributed by atoms with van der Waals surface area (Å²) in [6.07, 6.45) is -4.54. The minimum absolute atomic E-state index is 0.144. The van der Waals surface area contributed by atoms with Crippen molar-refractivity contribution in [2.45, 2.75) is 13.1 Å². The van der Waals surface area contributed by atoms with Gasteiger partial charge in [-0.05, 0) is 18.6 Å². The molecule has 0 bridgehead atoms. The van der Waals surface area contributed by atoms with Gasteiger partial charge in [-0.3, -0.25) is 0 Å². The molecule has 0 radical (unpaired) electrons. The van der Waals surface area contributed by atoms with Crippen LogP contribution in [0.15, 0.2) is 12.1 Å². The molecule has 0 saturated carbocycles. The summed E-state index contributed by atoms with van der Waals surface area (Å²) >= 11 is 0. The summed E-state index contributed by atoms with van der Waals surface area (Å²) in [6, 6.07) is 1.73. The van der Waals surface area contributed by atoms with E-state index in [1.807, 2.05) is 0 Å². The molecule has 2 nitrogen and oxygen atoms in total. The Morgan fingerprint density at radius 3 is 2.31 bits per heavy atom. The zero-order valence-corrected chi connectivity index (χ0v) is 6.81. The molecule has 13 heavy (non-hydrogen) atoms. The molecule has 0 spiro atoms. The molecule has 72 valence electrons. The van der Waals surface area contributed by atoms with Crippen LogP contribution in [0.5, 0.6) is 5.75 Å². The summed E-state index contributed by atoms with van der Waals surface area (Å²) in [5.41, 5.74) is 4.69. The molecule has 0 aliphatic carbocycles. The highest BCUT2D eigenvalue weighted by Crippen LogP contribution is 2.37. The Morgan fingerprint density at radius 2 is 1.85 bits per heavy atom. The zero-order chi connectivity index (χ0) is 10.2. The van der Waals surface area contributed by atoms with Gasteiger partial charge >= 0.3 is 6.18 Å². The maximum atomic E-state index is 12.2. The van der Waals surface area contributed by atoms with E-state index in [0.717, 1.165) is 12.1 Å². The van der Waals surface area contributed by atoms with E-state index >= 15 is 0 Å². The lowest BCUT2D eigenvalue weighted by Gasteiger charge is -2.10. The van der Waals surface area contributed by atoms with E-state index in [-0.39, 0.29) is 5.69 Å². The normalized spacial score (nSPS) is 11.7. The highest BCUT2D eigenvalue weighted by atomic mass is 19.4. The third-order valence-electron chi connectivity index (χ3n) is 1.69. The van der Waals surface area contributed by atoms with Crippen LogP contribution in [0.3, 0.4) is 0 Å². The standard InChI is InChI=1S/C8H8F3NO/c1-4-2-5(8(9,10)11)7(13)3-6(4)12/h2-3,13H,12H2,1H3. The second-order valence-corrected chi connectivity index (χ2v) is 2.72. The average Bonchev–Trinajstić information content (AvgIpc) is 1.94. The summed E-state index contributed by atoms with van der Waals surface area (Å²) in [7, 11) is 0. The molecule has 3 N–H and O–H groups in total. The smallest absolute Gasteiger partial charge is 0.419 e. The van der Waals surface area contributed by atoms with Crippen molar-refractivity contribution < 1.29 is 18.3 Å². The van der Waals surface area contributed by atoms with Crippen molar-refractivity contribution in [3.63, 3.8) is 0 Å². The lowest BCUT2D eigenvalue weighted by Crippen LogP contribution is -2.06. The fraction of sp³-hybridized carbons (Fsp3) is 0.250. The van der Waals surface area contributed by atoms with E-state index in [4.69, 9.17) is 10.8 Å². The Balaban J connectivity index is 3.32. The van der Waals surface area contributed by atoms with Gasteiger partial charge in [0.05, 0.1) is 5.56 Å². The average molecular weight is 191 g/mol. The monoisotopic (exact) mass is 191 g/mol. The number of phenolic OH excluding ortho intramolecular Hbond substituents is 1. The van der Waals surface area contributed by atoms with Gasteiger partial charge in [0.1, 0.15) is 5.75 Å². The van der Waals surface area contributed by atoms with Gasteiger partial charge in [-0.2, -0.15) is 13.2 Å². The topological polar surface area (TPSA) is 46.2 Å². The van der Waals surface area contributed by atoms with Crippen LogP contribution in [0.4, 0.5) is 18.9 Å². The van der Waals surface area contributed by atoms with Crippen LogP contribution in [0, 0.1) is 6.92 Å². The van der Waals surface area contributed by atoms with Gasteiger partial charge in [0.15, 0.2) is 0 Å². The molecule has 0 amide bonds. The lowest BCUT2D eigenvalue weighted by atomic mass is 10.1. The lowest BCUT2D eigenvalue weighted by molar-refractivity contribution is -0.138. The van der Waals surface area contributed by atoms with Gasteiger partial charge in [0, 0.05) is 11.8 Å². The SMILES string of the molecule is Cc1cc(C(F)(F)F)c(O)cc1N. The van der Waals surface area contributed by atoms with Crippen molar-refractivity contribution in [3.05, 3.63) is 23.3 Å². The van der Waals surface area contributed by atoms with Crippen LogP contribution in [-0.4, -0.2) is 5.11 Å². The second-order valence-electron chi connectivity index (χ2n) is 2.72. The van der Waals surface area contributed by atoms with Crippen molar-refractivity contribution in [2.75, 3.05) is 5.73 Å². The number of phenols is 1. The summed E-state index contributed by atoms with van der Waals surface area (Å²) in [4.78, 5) is 0. The fourth-order valence-corrected chi connectivity index (χ4v) is 0.940. The maximum Gasteiger partial charge on any atom is 0.419 e. The predicted octanol–water partition coefficient (Wildman–Crippen LogP) is 2.30. The first kappa shape index (κ1) is 9.70. The second kappa shape index (κ2) is 2.83. The molecule has 0 saturated heterocycles. The molecule has 0 aromatic heterocycles. The van der Waals surface area contributed by atoms with Crippen LogP contribution < -0.4 is 5.73 Å². The predicted molar refractivity (Wildman–Crippen MR) is 42.3 cm³/mol. The molecule has 0 fully saturated rings. The van der Waals surface area contributed by atoms with Gasteiger partial charge in [-0.1, -0.05) is 0 Å². The van der Waals surface area contributed by atoms with Crippen molar-refractivity contribution in [2.24, 2.45) is 0 Å². The van der Waals surface area contributed by atoms with E-state index in [1.165, 1.54) is 6.92 Å². The summed E-state index contributed by atoms with van der Waals surface area (Å²) in [5, 5.41) is 8.95. The Bertz CT molecular complexity index is 333. The fourth-order valence-electron chi connectivity index (χ4n) is 0.940. The molecule has 5 heteroatoms. The number of anilines is 1. The van der Waals surface area contributed by atoms with Crippen LogP contribution in [-0.2, 0) is 6.18 Å². The van der Waals surface area contributed by atoms with Crippen LogP contribution in [0.25, 0.3) is 0 Å². The number of aromatic hydroxyl groups is 1. The number of hydrogen-bond acceptors (Lipinski definition) is 2. The van der Waals surface area contributed by atoms with Crippen molar-refractivity contribution in [3.8, 4) is 5.75 Å². The Labute approximate surface area is 72.8 Å². The van der Waals surface area contributed by atoms with Crippen molar-refractivity contribution >= 4 is 5.69 Å². The van der Waals surface area contributed by atoms with E-state index < -0.39 is 17.5 Å². The van der Waals surface area contributed by atoms with E-state index in [9.17, 15) is 13.2 Å². The van der Waals surface area contributed by atoms with Crippen LogP contribution in [0.1, 0.15) is 11.1 Å². The number of nitrogens with two attached hydrogens (primary N) is 1. The van der Waals surface area contributed by atoms with Gasteiger partial charge in [-0.25, -0.2) is 0 Å². The highest BCUT2D eigenvalue weighted by molar-refractivity contribution is 5.54. The van der Waals surface area contributed by atoms with Gasteiger partial charge < -0.3 is 10.8 Å². The number of aryl methyl sites for hydroxylation is 1. The molecule has 1 rings (SSSR count). The highest BCUT2D eigenvalue weighted by Gasteiger charge is 2.34. The zero-order valence-electron chi connectivity index (χ0n) is 6.81. The number of hydrogen-bond donors (Lipinski definition) is 2. The molecular weight excluding hydrogens is 183 g/mol. The summed E-state index contributed by atoms with van der Waals surface area (Å²) in [6.45, 7) is 1.45. The molecular formula is C8H8F3NO. The minimum atomic E-state index is -4.54. The quantitative estimate of drug-likeness (QED) is 0.618. The maximum absolute atomic E-state index is 12.2. The molecule has 0 aliphatic heterocycles. The molecule has 0 unspecified atom stereocenters. The first-order valence-electron chi connectivity index (χ1n) is 3.48. The third-order valence-corrected chi connectivity index (χ3v) is 1.69. The van der Waals surface area contributed by atoms with E-state index in [1.54, 1.807) is 0 Å². The molecule has 0 atom stereocenters. The number of halogens is 3. The third kappa shape index (κ3) is 1.85. The molecule has 1 aromatic rings. The van der Waals surface area contributed by atoms with E-state index in [2.05, 4.69) is 0 Å². The Morgan fingerprint density at radius 1 is 1.31 bits per heavy atom. The van der Waals surface area contributed by atoms with Gasteiger partial charge in [0.25, 0.3) is 0 Å². The van der Waals surface area contributed by atoms with Crippen molar-refractivity contribution in [1.82, 2.24) is 0 Å². The largest absolute Gasteiger partial charge is 0.507 e. The summed E-state index contributed by atoms with van der Waals surface area (Å²) < 4.78 is 36.5. The molecule has 1 aromatic carbocycles. The summed E-state index contributed by atoms with van der Waals surface area (Å²) in [5.74, 6) is -0.837. The van der Waals surface area contributed by atoms with Gasteiger partial charge in [0.2, 0.25) is 0 Å².